The van der Waals surface area contributed by atoms with Crippen LogP contribution in [0, 0.1) is 5.95 Å². The van der Waals surface area contributed by atoms with Gasteiger partial charge < -0.3 is 14.6 Å². The maximum absolute atomic E-state index is 13.5. The van der Waals surface area contributed by atoms with Crippen LogP contribution >= 0.6 is 0 Å². The van der Waals surface area contributed by atoms with Gasteiger partial charge in [0.25, 0.3) is 5.91 Å². The molecule has 1 N–H and O–H groups in total. The predicted octanol–water partition coefficient (Wildman–Crippen LogP) is 3.96. The van der Waals surface area contributed by atoms with Crippen molar-refractivity contribution in [2.45, 2.75) is 12.8 Å². The minimum Gasteiger partial charge on any atom is -0.496 e. The van der Waals surface area contributed by atoms with Gasteiger partial charge in [-0.2, -0.15) is 4.39 Å². The van der Waals surface area contributed by atoms with Gasteiger partial charge in [0, 0.05) is 30.6 Å². The monoisotopic (exact) mass is 378 g/mol. The summed E-state index contributed by atoms with van der Waals surface area (Å²) in [6.45, 7) is 0. The first kappa shape index (κ1) is 17.9. The standard InChI is InChI=1S/C21H19FN4O2/c1-26-17-12-14(24-21(27)15-5-3-4-6-18(15)28-2)7-8-16(17)25-20(26)13-9-10-23-19(22)11-13/h5-12H,3-4H2,1-2H3,(H,24,27). The van der Waals surface area contributed by atoms with E-state index in [4.69, 9.17) is 4.74 Å². The second-order valence-electron chi connectivity index (χ2n) is 6.49. The Balaban J connectivity index is 1.65. The zero-order chi connectivity index (χ0) is 19.7. The van der Waals surface area contributed by atoms with E-state index in [2.05, 4.69) is 15.3 Å². The molecule has 0 unspecified atom stereocenters. The third-order valence-corrected chi connectivity index (χ3v) is 4.70. The fraction of sp³-hybridized carbons (Fsp3) is 0.190. The minimum atomic E-state index is -0.555. The number of nitrogens with zero attached hydrogens (tertiary/aromatic N) is 3. The lowest BCUT2D eigenvalue weighted by molar-refractivity contribution is -0.112. The summed E-state index contributed by atoms with van der Waals surface area (Å²) in [4.78, 5) is 20.8. The average molecular weight is 378 g/mol. The van der Waals surface area contributed by atoms with Gasteiger partial charge in [0.15, 0.2) is 0 Å². The van der Waals surface area contributed by atoms with Crippen LogP contribution in [0.1, 0.15) is 12.8 Å². The molecule has 2 heterocycles. The van der Waals surface area contributed by atoms with E-state index in [1.54, 1.807) is 19.2 Å². The number of carbonyl (C=O) groups is 1. The number of ether oxygens (including phenoxy) is 1. The molecule has 1 aliphatic rings. The normalized spacial score (nSPS) is 13.8. The summed E-state index contributed by atoms with van der Waals surface area (Å²) in [5.74, 6) is 0.442. The molecule has 0 atom stereocenters. The SMILES string of the molecule is COC1=CCCC=C1C(=O)Nc1ccc2nc(-c3ccnc(F)c3)n(C)c2c1. The summed E-state index contributed by atoms with van der Waals surface area (Å²) >= 11 is 0. The number of methoxy groups -OCH3 is 1. The van der Waals surface area contributed by atoms with Gasteiger partial charge in [-0.05, 0) is 43.2 Å². The third-order valence-electron chi connectivity index (χ3n) is 4.70. The molecule has 0 saturated carbocycles. The van der Waals surface area contributed by atoms with E-state index < -0.39 is 5.95 Å². The lowest BCUT2D eigenvalue weighted by Crippen LogP contribution is -2.17. The van der Waals surface area contributed by atoms with Crippen molar-refractivity contribution >= 4 is 22.6 Å². The number of fused-ring (bicyclic) bond motifs is 1. The minimum absolute atomic E-state index is 0.217. The number of halogens is 1. The molecule has 0 radical (unpaired) electrons. The quantitative estimate of drug-likeness (QED) is 0.698. The molecule has 0 aliphatic heterocycles. The second kappa shape index (κ2) is 7.26. The maximum Gasteiger partial charge on any atom is 0.259 e. The van der Waals surface area contributed by atoms with Crippen molar-refractivity contribution in [3.05, 3.63) is 66.0 Å². The van der Waals surface area contributed by atoms with Gasteiger partial charge in [-0.1, -0.05) is 6.08 Å². The summed E-state index contributed by atoms with van der Waals surface area (Å²) in [6.07, 6.45) is 6.88. The van der Waals surface area contributed by atoms with Crippen molar-refractivity contribution in [3.63, 3.8) is 0 Å². The Labute approximate surface area is 161 Å². The summed E-state index contributed by atoms with van der Waals surface area (Å²) in [5.41, 5.74) is 3.40. The van der Waals surface area contributed by atoms with Gasteiger partial charge in [0.2, 0.25) is 5.95 Å². The first-order chi connectivity index (χ1) is 13.6. The Morgan fingerprint density at radius 2 is 2.04 bits per heavy atom. The van der Waals surface area contributed by atoms with Crippen LogP contribution in [0.15, 0.2) is 60.0 Å². The van der Waals surface area contributed by atoms with Crippen LogP contribution in [0.25, 0.3) is 22.4 Å². The molecule has 0 fully saturated rings. The number of allylic oxidation sites excluding steroid dienone is 2. The van der Waals surface area contributed by atoms with Crippen LogP contribution in [0.2, 0.25) is 0 Å². The van der Waals surface area contributed by atoms with E-state index >= 15 is 0 Å². The van der Waals surface area contributed by atoms with E-state index in [1.807, 2.05) is 35.9 Å². The lowest BCUT2D eigenvalue weighted by Gasteiger charge is -2.15. The maximum atomic E-state index is 13.5. The van der Waals surface area contributed by atoms with E-state index in [0.29, 0.717) is 28.4 Å². The van der Waals surface area contributed by atoms with Crippen LogP contribution in [0.4, 0.5) is 10.1 Å². The van der Waals surface area contributed by atoms with E-state index in [0.717, 1.165) is 23.9 Å². The highest BCUT2D eigenvalue weighted by molar-refractivity contribution is 6.07. The first-order valence-electron chi connectivity index (χ1n) is 8.91. The van der Waals surface area contributed by atoms with Gasteiger partial charge in [-0.25, -0.2) is 9.97 Å². The van der Waals surface area contributed by atoms with Crippen molar-refractivity contribution < 1.29 is 13.9 Å². The molecule has 1 aliphatic carbocycles. The number of benzene rings is 1. The van der Waals surface area contributed by atoms with Crippen LogP contribution in [-0.4, -0.2) is 27.6 Å². The smallest absolute Gasteiger partial charge is 0.259 e. The van der Waals surface area contributed by atoms with E-state index in [9.17, 15) is 9.18 Å². The second-order valence-corrected chi connectivity index (χ2v) is 6.49. The van der Waals surface area contributed by atoms with Crippen LogP contribution in [0.3, 0.4) is 0 Å². The molecule has 3 aromatic rings. The number of hydrogen-bond donors (Lipinski definition) is 1. The molecule has 4 rings (SSSR count). The molecule has 6 nitrogen and oxygen atoms in total. The van der Waals surface area contributed by atoms with E-state index in [-0.39, 0.29) is 5.91 Å². The largest absolute Gasteiger partial charge is 0.496 e. The summed E-state index contributed by atoms with van der Waals surface area (Å²) < 4.78 is 20.6. The zero-order valence-corrected chi connectivity index (χ0v) is 15.6. The molecule has 142 valence electrons. The fourth-order valence-electron chi connectivity index (χ4n) is 3.32. The van der Waals surface area contributed by atoms with Crippen molar-refractivity contribution in [1.82, 2.24) is 14.5 Å². The Kier molecular flexibility index (Phi) is 4.65. The van der Waals surface area contributed by atoms with E-state index in [1.165, 1.54) is 12.3 Å². The third kappa shape index (κ3) is 3.26. The molecular weight excluding hydrogens is 359 g/mol. The predicted molar refractivity (Wildman–Crippen MR) is 105 cm³/mol. The summed E-state index contributed by atoms with van der Waals surface area (Å²) in [6, 6.07) is 8.53. The molecular formula is C21H19FN4O2. The highest BCUT2D eigenvalue weighted by atomic mass is 19.1. The number of aromatic nitrogens is 3. The molecule has 0 saturated heterocycles. The Hall–Kier alpha value is -3.48. The van der Waals surface area contributed by atoms with Crippen molar-refractivity contribution in [1.29, 1.82) is 0 Å². The average Bonchev–Trinajstić information content (AvgIpc) is 3.04. The molecule has 0 spiro atoms. The van der Waals surface area contributed by atoms with Crippen LogP contribution < -0.4 is 5.32 Å². The van der Waals surface area contributed by atoms with Gasteiger partial charge in [0.1, 0.15) is 11.6 Å². The van der Waals surface area contributed by atoms with Crippen LogP contribution in [-0.2, 0) is 16.6 Å². The molecule has 2 aromatic heterocycles. The molecule has 1 amide bonds. The number of carbonyl (C=O) groups excluding carboxylic acids is 1. The highest BCUT2D eigenvalue weighted by Gasteiger charge is 2.18. The molecule has 28 heavy (non-hydrogen) atoms. The van der Waals surface area contributed by atoms with Gasteiger partial charge in [-0.3, -0.25) is 4.79 Å². The van der Waals surface area contributed by atoms with Gasteiger partial charge in [0.05, 0.1) is 23.7 Å². The summed E-state index contributed by atoms with van der Waals surface area (Å²) in [7, 11) is 3.41. The number of imidazole rings is 1. The lowest BCUT2D eigenvalue weighted by atomic mass is 10.0. The van der Waals surface area contributed by atoms with Gasteiger partial charge >= 0.3 is 0 Å². The Morgan fingerprint density at radius 1 is 1.21 bits per heavy atom. The van der Waals surface area contributed by atoms with Gasteiger partial charge in [-0.15, -0.1) is 0 Å². The van der Waals surface area contributed by atoms with Crippen molar-refractivity contribution in [3.8, 4) is 11.4 Å². The number of hydrogen-bond acceptors (Lipinski definition) is 4. The topological polar surface area (TPSA) is 69.0 Å². The Morgan fingerprint density at radius 3 is 2.82 bits per heavy atom. The number of rotatable bonds is 4. The van der Waals surface area contributed by atoms with Crippen molar-refractivity contribution in [2.24, 2.45) is 7.05 Å². The number of anilines is 1. The highest BCUT2D eigenvalue weighted by Crippen LogP contribution is 2.27. The molecule has 1 aromatic carbocycles. The number of nitrogens with one attached hydrogen (secondary N) is 1. The Bertz CT molecular complexity index is 1130. The first-order valence-corrected chi connectivity index (χ1v) is 8.91. The molecule has 7 heteroatoms. The number of amides is 1. The van der Waals surface area contributed by atoms with Crippen LogP contribution in [0.5, 0.6) is 0 Å². The zero-order valence-electron chi connectivity index (χ0n) is 15.6. The van der Waals surface area contributed by atoms with Crippen molar-refractivity contribution in [2.75, 3.05) is 12.4 Å². The molecule has 0 bridgehead atoms. The number of aryl methyl sites for hydroxylation is 1. The number of pyridine rings is 1. The summed E-state index contributed by atoms with van der Waals surface area (Å²) in [5, 5.41) is 2.91. The fourth-order valence-corrected chi connectivity index (χ4v) is 3.32.